The van der Waals surface area contributed by atoms with Crippen molar-refractivity contribution in [3.05, 3.63) is 0 Å². The monoisotopic (exact) mass is 269 g/mol. The molecule has 19 heavy (non-hydrogen) atoms. The lowest BCUT2D eigenvalue weighted by atomic mass is 10.00. The first-order valence-corrected chi connectivity index (χ1v) is 7.07. The summed E-state index contributed by atoms with van der Waals surface area (Å²) in [5, 5.41) is 0. The molecule has 1 aliphatic rings. The lowest BCUT2D eigenvalue weighted by Gasteiger charge is -2.45. The van der Waals surface area contributed by atoms with Gasteiger partial charge in [0, 0.05) is 59.9 Å². The van der Waals surface area contributed by atoms with Crippen LogP contribution >= 0.6 is 0 Å². The van der Waals surface area contributed by atoms with E-state index in [-0.39, 0.29) is 5.54 Å². The molecule has 0 radical (unpaired) electrons. The van der Waals surface area contributed by atoms with E-state index in [2.05, 4.69) is 40.5 Å². The number of guanidine groups is 1. The van der Waals surface area contributed by atoms with E-state index in [0.717, 1.165) is 38.7 Å². The fraction of sp³-hybridized carbons (Fsp3) is 0.929. The first-order valence-electron chi connectivity index (χ1n) is 7.07. The molecular formula is C14H31N5. The number of rotatable bonds is 3. The fourth-order valence-electron chi connectivity index (χ4n) is 2.51. The quantitative estimate of drug-likeness (QED) is 0.550. The van der Waals surface area contributed by atoms with Crippen LogP contribution in [0, 0.1) is 0 Å². The van der Waals surface area contributed by atoms with Crippen molar-refractivity contribution in [1.82, 2.24) is 19.6 Å². The molecule has 1 saturated heterocycles. The third kappa shape index (κ3) is 4.66. The van der Waals surface area contributed by atoms with Crippen molar-refractivity contribution in [2.75, 3.05) is 68.0 Å². The molecule has 0 bridgehead atoms. The minimum Gasteiger partial charge on any atom is -0.349 e. The summed E-state index contributed by atoms with van der Waals surface area (Å²) in [7, 11) is 10.4. The highest BCUT2D eigenvalue weighted by atomic mass is 15.3. The Morgan fingerprint density at radius 2 is 1.68 bits per heavy atom. The summed E-state index contributed by atoms with van der Waals surface area (Å²) < 4.78 is 0. The van der Waals surface area contributed by atoms with E-state index in [1.165, 1.54) is 0 Å². The smallest absolute Gasteiger partial charge is 0.195 e. The summed E-state index contributed by atoms with van der Waals surface area (Å²) in [5.74, 6) is 1.04. The SMILES string of the molecule is CN(C)C(=NCCN1CCN(C)C(C)(C)C1)N(C)C. The van der Waals surface area contributed by atoms with E-state index in [4.69, 9.17) is 4.99 Å². The predicted molar refractivity (Wildman–Crippen MR) is 82.8 cm³/mol. The van der Waals surface area contributed by atoms with E-state index in [1.807, 2.05) is 28.2 Å². The third-order valence-corrected chi connectivity index (χ3v) is 3.86. The van der Waals surface area contributed by atoms with Crippen molar-refractivity contribution in [3.8, 4) is 0 Å². The topological polar surface area (TPSA) is 25.3 Å². The van der Waals surface area contributed by atoms with Crippen molar-refractivity contribution >= 4 is 5.96 Å². The zero-order chi connectivity index (χ0) is 14.6. The molecule has 1 aliphatic heterocycles. The van der Waals surface area contributed by atoms with Crippen LogP contribution in [0.2, 0.25) is 0 Å². The largest absolute Gasteiger partial charge is 0.349 e. The van der Waals surface area contributed by atoms with Crippen molar-refractivity contribution in [2.45, 2.75) is 19.4 Å². The molecule has 112 valence electrons. The van der Waals surface area contributed by atoms with Crippen LogP contribution in [0.1, 0.15) is 13.8 Å². The van der Waals surface area contributed by atoms with E-state index in [0.29, 0.717) is 0 Å². The van der Waals surface area contributed by atoms with Gasteiger partial charge in [-0.05, 0) is 20.9 Å². The highest BCUT2D eigenvalue weighted by Gasteiger charge is 2.30. The van der Waals surface area contributed by atoms with Gasteiger partial charge in [-0.1, -0.05) is 0 Å². The highest BCUT2D eigenvalue weighted by Crippen LogP contribution is 2.18. The molecule has 0 aliphatic carbocycles. The third-order valence-electron chi connectivity index (χ3n) is 3.86. The summed E-state index contributed by atoms with van der Waals surface area (Å²) in [6, 6.07) is 0. The Balaban J connectivity index is 2.47. The van der Waals surface area contributed by atoms with Crippen LogP contribution in [-0.2, 0) is 0 Å². The van der Waals surface area contributed by atoms with E-state index in [9.17, 15) is 0 Å². The molecule has 1 heterocycles. The van der Waals surface area contributed by atoms with Gasteiger partial charge in [0.15, 0.2) is 5.96 Å². The molecular weight excluding hydrogens is 238 g/mol. The predicted octanol–water partition coefficient (Wildman–Crippen LogP) is 0.492. The van der Waals surface area contributed by atoms with Crippen LogP contribution < -0.4 is 0 Å². The maximum absolute atomic E-state index is 4.70. The minimum absolute atomic E-state index is 0.272. The number of likely N-dealkylation sites (N-methyl/N-ethyl adjacent to an activating group) is 1. The number of piperazine rings is 1. The Hall–Kier alpha value is -0.810. The normalized spacial score (nSPS) is 20.2. The molecule has 0 unspecified atom stereocenters. The van der Waals surface area contributed by atoms with Gasteiger partial charge in [0.05, 0.1) is 6.54 Å². The Morgan fingerprint density at radius 3 is 2.16 bits per heavy atom. The number of nitrogens with zero attached hydrogens (tertiary/aromatic N) is 5. The number of hydrogen-bond donors (Lipinski definition) is 0. The molecule has 1 rings (SSSR count). The van der Waals surface area contributed by atoms with E-state index in [1.54, 1.807) is 0 Å². The molecule has 1 fully saturated rings. The van der Waals surface area contributed by atoms with Gasteiger partial charge in [0.25, 0.3) is 0 Å². The van der Waals surface area contributed by atoms with Gasteiger partial charge in [-0.15, -0.1) is 0 Å². The average Bonchev–Trinajstić information content (AvgIpc) is 2.27. The molecule has 0 saturated carbocycles. The molecule has 0 amide bonds. The standard InChI is InChI=1S/C14H31N5/c1-14(2)12-19(11-10-18(14)7)9-8-15-13(16(3)4)17(5)6/h8-12H2,1-7H3. The van der Waals surface area contributed by atoms with Crippen molar-refractivity contribution in [3.63, 3.8) is 0 Å². The van der Waals surface area contributed by atoms with Gasteiger partial charge >= 0.3 is 0 Å². The van der Waals surface area contributed by atoms with Crippen molar-refractivity contribution < 1.29 is 0 Å². The zero-order valence-electron chi connectivity index (χ0n) is 13.8. The summed E-state index contributed by atoms with van der Waals surface area (Å²) in [4.78, 5) is 13.8. The average molecular weight is 269 g/mol. The highest BCUT2D eigenvalue weighted by molar-refractivity contribution is 5.79. The van der Waals surface area contributed by atoms with Gasteiger partial charge in [-0.2, -0.15) is 0 Å². The van der Waals surface area contributed by atoms with Crippen LogP contribution in [0.3, 0.4) is 0 Å². The Morgan fingerprint density at radius 1 is 1.11 bits per heavy atom. The van der Waals surface area contributed by atoms with E-state index >= 15 is 0 Å². The summed E-state index contributed by atoms with van der Waals surface area (Å²) in [6.45, 7) is 9.95. The van der Waals surface area contributed by atoms with Crippen LogP contribution in [-0.4, -0.2) is 99.1 Å². The maximum Gasteiger partial charge on any atom is 0.195 e. The van der Waals surface area contributed by atoms with Crippen LogP contribution in [0.15, 0.2) is 4.99 Å². The Bertz CT molecular complexity index is 299. The molecule has 0 spiro atoms. The van der Waals surface area contributed by atoms with Crippen molar-refractivity contribution in [2.24, 2.45) is 4.99 Å². The molecule has 0 aromatic heterocycles. The lowest BCUT2D eigenvalue weighted by molar-refractivity contribution is 0.0418. The van der Waals surface area contributed by atoms with Gasteiger partial charge < -0.3 is 9.80 Å². The first-order chi connectivity index (χ1) is 8.74. The van der Waals surface area contributed by atoms with Gasteiger partial charge in [-0.3, -0.25) is 14.8 Å². The van der Waals surface area contributed by atoms with Crippen molar-refractivity contribution in [1.29, 1.82) is 0 Å². The Kier molecular flexibility index (Phi) is 5.62. The zero-order valence-corrected chi connectivity index (χ0v) is 13.8. The molecule has 0 aromatic carbocycles. The second-order valence-corrected chi connectivity index (χ2v) is 6.48. The summed E-state index contributed by atoms with van der Waals surface area (Å²) in [6.07, 6.45) is 0. The fourth-order valence-corrected chi connectivity index (χ4v) is 2.51. The van der Waals surface area contributed by atoms with Crippen LogP contribution in [0.5, 0.6) is 0 Å². The Labute approximate surface area is 118 Å². The summed E-state index contributed by atoms with van der Waals surface area (Å²) >= 11 is 0. The molecule has 5 nitrogen and oxygen atoms in total. The van der Waals surface area contributed by atoms with Gasteiger partial charge in [0.1, 0.15) is 0 Å². The second kappa shape index (κ2) is 6.57. The van der Waals surface area contributed by atoms with Gasteiger partial charge in [0.2, 0.25) is 0 Å². The molecule has 5 heteroatoms. The second-order valence-electron chi connectivity index (χ2n) is 6.48. The van der Waals surface area contributed by atoms with E-state index < -0.39 is 0 Å². The molecule has 0 atom stereocenters. The van der Waals surface area contributed by atoms with Crippen LogP contribution in [0.4, 0.5) is 0 Å². The maximum atomic E-state index is 4.70. The molecule has 0 aromatic rings. The number of hydrogen-bond acceptors (Lipinski definition) is 3. The lowest BCUT2D eigenvalue weighted by Crippen LogP contribution is -2.57. The minimum atomic E-state index is 0.272. The number of aliphatic imine (C=N–C) groups is 1. The molecule has 0 N–H and O–H groups in total. The van der Waals surface area contributed by atoms with Gasteiger partial charge in [-0.25, -0.2) is 0 Å². The first kappa shape index (κ1) is 16.2. The summed E-state index contributed by atoms with van der Waals surface area (Å²) in [5.41, 5.74) is 0.272. The van der Waals surface area contributed by atoms with Crippen LogP contribution in [0.25, 0.3) is 0 Å².